The highest BCUT2D eigenvalue weighted by Crippen LogP contribution is 2.16. The molecule has 0 aromatic heterocycles. The Bertz CT molecular complexity index is 83.7. The third-order valence-electron chi connectivity index (χ3n) is 1.71. The highest BCUT2D eigenvalue weighted by molar-refractivity contribution is 7.99. The van der Waals surface area contributed by atoms with Crippen molar-refractivity contribution in [3.05, 3.63) is 0 Å². The van der Waals surface area contributed by atoms with E-state index in [0.717, 1.165) is 6.54 Å². The Hall–Kier alpha value is 0.270. The maximum absolute atomic E-state index is 8.53. The molecule has 0 bridgehead atoms. The summed E-state index contributed by atoms with van der Waals surface area (Å²) in [6, 6.07) is 0.658. The van der Waals surface area contributed by atoms with Gasteiger partial charge in [-0.3, -0.25) is 0 Å². The molecule has 0 unspecified atom stereocenters. The third kappa shape index (κ3) is 2.90. The fourth-order valence-corrected chi connectivity index (χ4v) is 2.28. The smallest absolute Gasteiger partial charge is 0.0556 e. The molecule has 60 valence electrons. The normalized spacial score (nSPS) is 26.7. The number of aliphatic hydroxyl groups is 1. The summed E-state index contributed by atoms with van der Waals surface area (Å²) in [5, 5.41) is 11.8. The van der Waals surface area contributed by atoms with Gasteiger partial charge in [-0.25, -0.2) is 0 Å². The molecule has 0 radical (unpaired) electrons. The number of hydrogen-bond acceptors (Lipinski definition) is 3. The van der Waals surface area contributed by atoms with E-state index in [9.17, 15) is 0 Å². The van der Waals surface area contributed by atoms with Crippen molar-refractivity contribution < 1.29 is 5.11 Å². The van der Waals surface area contributed by atoms with Crippen LogP contribution < -0.4 is 5.32 Å². The van der Waals surface area contributed by atoms with Gasteiger partial charge in [-0.2, -0.15) is 11.8 Å². The van der Waals surface area contributed by atoms with Crippen LogP contribution in [0.2, 0.25) is 0 Å². The van der Waals surface area contributed by atoms with Crippen LogP contribution in [-0.2, 0) is 0 Å². The van der Waals surface area contributed by atoms with Gasteiger partial charge in [-0.05, 0) is 18.6 Å². The molecule has 1 aliphatic rings. The van der Waals surface area contributed by atoms with Gasteiger partial charge >= 0.3 is 0 Å². The van der Waals surface area contributed by atoms with E-state index in [0.29, 0.717) is 6.04 Å². The van der Waals surface area contributed by atoms with E-state index >= 15 is 0 Å². The monoisotopic (exact) mass is 161 g/mol. The predicted molar refractivity (Wildman–Crippen MR) is 45.4 cm³/mol. The van der Waals surface area contributed by atoms with E-state index < -0.39 is 0 Å². The van der Waals surface area contributed by atoms with E-state index in [1.54, 1.807) is 0 Å². The zero-order chi connectivity index (χ0) is 7.23. The third-order valence-corrected chi connectivity index (χ3v) is 2.92. The minimum atomic E-state index is 0.265. The maximum atomic E-state index is 8.53. The Morgan fingerprint density at radius 2 is 2.50 bits per heavy atom. The van der Waals surface area contributed by atoms with Gasteiger partial charge in [0.05, 0.1) is 6.61 Å². The SMILES string of the molecule is OCCN[C@@H]1CCCSC1. The van der Waals surface area contributed by atoms with Crippen LogP contribution in [0.3, 0.4) is 0 Å². The molecule has 0 amide bonds. The minimum absolute atomic E-state index is 0.265. The number of nitrogens with one attached hydrogen (secondary N) is 1. The molecule has 1 aliphatic heterocycles. The molecule has 0 aliphatic carbocycles. The first-order chi connectivity index (χ1) is 4.93. The Labute approximate surface area is 66.4 Å². The Morgan fingerprint density at radius 3 is 3.10 bits per heavy atom. The van der Waals surface area contributed by atoms with Crippen molar-refractivity contribution in [1.29, 1.82) is 0 Å². The molecular weight excluding hydrogens is 146 g/mol. The van der Waals surface area contributed by atoms with E-state index in [1.807, 2.05) is 11.8 Å². The first kappa shape index (κ1) is 8.37. The molecule has 1 rings (SSSR count). The van der Waals surface area contributed by atoms with Crippen molar-refractivity contribution >= 4 is 11.8 Å². The van der Waals surface area contributed by atoms with Gasteiger partial charge in [0.15, 0.2) is 0 Å². The number of aliphatic hydroxyl groups excluding tert-OH is 1. The molecule has 1 fully saturated rings. The molecule has 1 saturated heterocycles. The average molecular weight is 161 g/mol. The van der Waals surface area contributed by atoms with E-state index in [-0.39, 0.29) is 6.61 Å². The van der Waals surface area contributed by atoms with Crippen molar-refractivity contribution in [1.82, 2.24) is 5.32 Å². The molecule has 0 aromatic carbocycles. The Morgan fingerprint density at radius 1 is 1.60 bits per heavy atom. The summed E-state index contributed by atoms with van der Waals surface area (Å²) in [6.45, 7) is 1.02. The number of rotatable bonds is 3. The van der Waals surface area contributed by atoms with Crippen molar-refractivity contribution in [2.75, 3.05) is 24.7 Å². The maximum Gasteiger partial charge on any atom is 0.0556 e. The molecule has 1 heterocycles. The summed E-state index contributed by atoms with van der Waals surface area (Å²) in [6.07, 6.45) is 2.61. The zero-order valence-electron chi connectivity index (χ0n) is 6.18. The van der Waals surface area contributed by atoms with Gasteiger partial charge in [0, 0.05) is 18.3 Å². The van der Waals surface area contributed by atoms with Crippen LogP contribution in [-0.4, -0.2) is 35.8 Å². The fourth-order valence-electron chi connectivity index (χ4n) is 1.17. The quantitative estimate of drug-likeness (QED) is 0.631. The Kier molecular flexibility index (Phi) is 4.18. The highest BCUT2D eigenvalue weighted by Gasteiger charge is 2.11. The summed E-state index contributed by atoms with van der Waals surface area (Å²) < 4.78 is 0. The van der Waals surface area contributed by atoms with E-state index in [2.05, 4.69) is 5.32 Å². The van der Waals surface area contributed by atoms with Crippen LogP contribution >= 0.6 is 11.8 Å². The first-order valence-corrected chi connectivity index (χ1v) is 5.01. The second kappa shape index (κ2) is 4.99. The van der Waals surface area contributed by atoms with Crippen LogP contribution in [0.15, 0.2) is 0 Å². The number of thioether (sulfide) groups is 1. The van der Waals surface area contributed by atoms with Gasteiger partial charge < -0.3 is 10.4 Å². The molecule has 10 heavy (non-hydrogen) atoms. The molecule has 0 aromatic rings. The van der Waals surface area contributed by atoms with Crippen LogP contribution in [0.4, 0.5) is 0 Å². The summed E-state index contributed by atoms with van der Waals surface area (Å²) >= 11 is 2.01. The molecule has 1 atom stereocenters. The van der Waals surface area contributed by atoms with Gasteiger partial charge in [0.25, 0.3) is 0 Å². The van der Waals surface area contributed by atoms with Gasteiger partial charge in [-0.15, -0.1) is 0 Å². The average Bonchev–Trinajstić information content (AvgIpc) is 2.03. The summed E-state index contributed by atoms with van der Waals surface area (Å²) in [5.74, 6) is 2.54. The largest absolute Gasteiger partial charge is 0.395 e. The van der Waals surface area contributed by atoms with Crippen LogP contribution in [0.1, 0.15) is 12.8 Å². The zero-order valence-corrected chi connectivity index (χ0v) is 6.99. The van der Waals surface area contributed by atoms with E-state index in [4.69, 9.17) is 5.11 Å². The lowest BCUT2D eigenvalue weighted by atomic mass is 10.2. The van der Waals surface area contributed by atoms with Crippen molar-refractivity contribution in [3.8, 4) is 0 Å². The van der Waals surface area contributed by atoms with Gasteiger partial charge in [0.1, 0.15) is 0 Å². The van der Waals surface area contributed by atoms with Crippen LogP contribution in [0.5, 0.6) is 0 Å². The lowest BCUT2D eigenvalue weighted by molar-refractivity contribution is 0.284. The second-order valence-corrected chi connectivity index (χ2v) is 3.74. The van der Waals surface area contributed by atoms with Crippen LogP contribution in [0, 0.1) is 0 Å². The second-order valence-electron chi connectivity index (χ2n) is 2.59. The van der Waals surface area contributed by atoms with Crippen molar-refractivity contribution in [2.45, 2.75) is 18.9 Å². The predicted octanol–water partition coefficient (Wildman–Crippen LogP) is 0.464. The topological polar surface area (TPSA) is 32.3 Å². The molecule has 2 nitrogen and oxygen atoms in total. The summed E-state index contributed by atoms with van der Waals surface area (Å²) in [4.78, 5) is 0. The fraction of sp³-hybridized carbons (Fsp3) is 1.00. The van der Waals surface area contributed by atoms with Gasteiger partial charge in [-0.1, -0.05) is 0 Å². The molecule has 0 spiro atoms. The Balaban J connectivity index is 2.02. The molecule has 0 saturated carbocycles. The lowest BCUT2D eigenvalue weighted by Gasteiger charge is -2.21. The van der Waals surface area contributed by atoms with Crippen molar-refractivity contribution in [2.24, 2.45) is 0 Å². The molecular formula is C7H15NOS. The molecule has 2 N–H and O–H groups in total. The summed E-state index contributed by atoms with van der Waals surface area (Å²) in [7, 11) is 0. The minimum Gasteiger partial charge on any atom is -0.395 e. The standard InChI is InChI=1S/C7H15NOS/c9-4-3-8-7-2-1-5-10-6-7/h7-9H,1-6H2/t7-/m1/s1. The highest BCUT2D eigenvalue weighted by atomic mass is 32.2. The molecule has 3 heteroatoms. The van der Waals surface area contributed by atoms with Gasteiger partial charge in [0.2, 0.25) is 0 Å². The first-order valence-electron chi connectivity index (χ1n) is 3.85. The number of hydrogen-bond donors (Lipinski definition) is 2. The van der Waals surface area contributed by atoms with Crippen molar-refractivity contribution in [3.63, 3.8) is 0 Å². The summed E-state index contributed by atoms with van der Waals surface area (Å²) in [5.41, 5.74) is 0. The van der Waals surface area contributed by atoms with E-state index in [1.165, 1.54) is 24.3 Å². The van der Waals surface area contributed by atoms with Crippen LogP contribution in [0.25, 0.3) is 0 Å². The lowest BCUT2D eigenvalue weighted by Crippen LogP contribution is -2.35.